The SMILES string of the molecule is CCNCCn1c(Cc2ccccc2OC)nc2ccccc2c1=O. The van der Waals surface area contributed by atoms with Crippen molar-refractivity contribution in [2.75, 3.05) is 20.2 Å². The Hall–Kier alpha value is -2.66. The normalized spacial score (nSPS) is 11.0. The van der Waals surface area contributed by atoms with Crippen LogP contribution in [-0.2, 0) is 13.0 Å². The molecule has 0 saturated heterocycles. The molecular formula is C20H23N3O2. The van der Waals surface area contributed by atoms with Crippen molar-refractivity contribution in [2.45, 2.75) is 19.9 Å². The van der Waals surface area contributed by atoms with E-state index in [4.69, 9.17) is 9.72 Å². The van der Waals surface area contributed by atoms with E-state index in [1.165, 1.54) is 0 Å². The molecule has 0 unspecified atom stereocenters. The average Bonchev–Trinajstić information content (AvgIpc) is 2.65. The highest BCUT2D eigenvalue weighted by Gasteiger charge is 2.13. The molecule has 0 spiro atoms. The molecule has 0 aliphatic carbocycles. The number of fused-ring (bicyclic) bond motifs is 1. The summed E-state index contributed by atoms with van der Waals surface area (Å²) in [6.45, 7) is 4.25. The molecule has 5 nitrogen and oxygen atoms in total. The molecule has 25 heavy (non-hydrogen) atoms. The molecule has 1 heterocycles. The topological polar surface area (TPSA) is 56.1 Å². The Morgan fingerprint density at radius 3 is 2.68 bits per heavy atom. The zero-order valence-corrected chi connectivity index (χ0v) is 14.7. The van der Waals surface area contributed by atoms with Crippen LogP contribution in [0.25, 0.3) is 10.9 Å². The number of para-hydroxylation sites is 2. The summed E-state index contributed by atoms with van der Waals surface area (Å²) in [6, 6.07) is 15.4. The summed E-state index contributed by atoms with van der Waals surface area (Å²) in [5.74, 6) is 1.56. The summed E-state index contributed by atoms with van der Waals surface area (Å²) in [6.07, 6.45) is 0.552. The lowest BCUT2D eigenvalue weighted by molar-refractivity contribution is 0.410. The van der Waals surface area contributed by atoms with Crippen LogP contribution >= 0.6 is 0 Å². The minimum Gasteiger partial charge on any atom is -0.496 e. The lowest BCUT2D eigenvalue weighted by Gasteiger charge is -2.15. The lowest BCUT2D eigenvalue weighted by atomic mass is 10.1. The second-order valence-electron chi connectivity index (χ2n) is 5.84. The van der Waals surface area contributed by atoms with Gasteiger partial charge in [-0.3, -0.25) is 9.36 Å². The molecule has 5 heteroatoms. The molecule has 0 saturated carbocycles. The van der Waals surface area contributed by atoms with E-state index in [9.17, 15) is 4.79 Å². The van der Waals surface area contributed by atoms with Gasteiger partial charge in [-0.1, -0.05) is 37.3 Å². The molecule has 0 bridgehead atoms. The van der Waals surface area contributed by atoms with E-state index < -0.39 is 0 Å². The molecule has 0 atom stereocenters. The van der Waals surface area contributed by atoms with Gasteiger partial charge in [0.25, 0.3) is 5.56 Å². The summed E-state index contributed by atoms with van der Waals surface area (Å²) in [5.41, 5.74) is 1.76. The fraction of sp³-hybridized carbons (Fsp3) is 0.300. The maximum Gasteiger partial charge on any atom is 0.261 e. The molecule has 130 valence electrons. The summed E-state index contributed by atoms with van der Waals surface area (Å²) >= 11 is 0. The molecule has 3 aromatic rings. The first kappa shape index (κ1) is 17.2. The monoisotopic (exact) mass is 337 g/mol. The Labute approximate surface area is 147 Å². The van der Waals surface area contributed by atoms with E-state index in [2.05, 4.69) is 12.2 Å². The first-order valence-electron chi connectivity index (χ1n) is 8.55. The van der Waals surface area contributed by atoms with Crippen molar-refractivity contribution >= 4 is 10.9 Å². The molecule has 2 aromatic carbocycles. The third-order valence-electron chi connectivity index (χ3n) is 4.24. The predicted molar refractivity (Wildman–Crippen MR) is 100 cm³/mol. The van der Waals surface area contributed by atoms with Gasteiger partial charge in [-0.2, -0.15) is 0 Å². The summed E-state index contributed by atoms with van der Waals surface area (Å²) in [7, 11) is 1.66. The van der Waals surface area contributed by atoms with Gasteiger partial charge in [0.15, 0.2) is 0 Å². The highest BCUT2D eigenvalue weighted by molar-refractivity contribution is 5.77. The maximum absolute atomic E-state index is 13.0. The van der Waals surface area contributed by atoms with Crippen molar-refractivity contribution in [3.05, 3.63) is 70.3 Å². The second-order valence-corrected chi connectivity index (χ2v) is 5.84. The Kier molecular flexibility index (Phi) is 5.46. The largest absolute Gasteiger partial charge is 0.496 e. The smallest absolute Gasteiger partial charge is 0.261 e. The number of aromatic nitrogens is 2. The summed E-state index contributed by atoms with van der Waals surface area (Å²) in [4.78, 5) is 17.7. The van der Waals surface area contributed by atoms with Gasteiger partial charge in [0, 0.05) is 25.1 Å². The fourth-order valence-electron chi connectivity index (χ4n) is 2.97. The van der Waals surface area contributed by atoms with Gasteiger partial charge in [-0.15, -0.1) is 0 Å². The van der Waals surface area contributed by atoms with Crippen LogP contribution in [-0.4, -0.2) is 29.8 Å². The van der Waals surface area contributed by atoms with Gasteiger partial charge in [0.05, 0.1) is 18.0 Å². The van der Waals surface area contributed by atoms with Gasteiger partial charge in [0.2, 0.25) is 0 Å². The van der Waals surface area contributed by atoms with Crippen LogP contribution in [0, 0.1) is 0 Å². The average molecular weight is 337 g/mol. The number of hydrogen-bond acceptors (Lipinski definition) is 4. The van der Waals surface area contributed by atoms with E-state index in [1.54, 1.807) is 11.7 Å². The molecule has 0 aliphatic heterocycles. The van der Waals surface area contributed by atoms with Crippen LogP contribution in [0.4, 0.5) is 0 Å². The molecule has 3 rings (SSSR count). The number of likely N-dealkylation sites (N-methyl/N-ethyl adjacent to an activating group) is 1. The Balaban J connectivity index is 2.08. The van der Waals surface area contributed by atoms with E-state index >= 15 is 0 Å². The van der Waals surface area contributed by atoms with Crippen molar-refractivity contribution in [3.63, 3.8) is 0 Å². The number of hydrogen-bond donors (Lipinski definition) is 1. The Bertz CT molecular complexity index is 918. The molecule has 0 radical (unpaired) electrons. The van der Waals surface area contributed by atoms with Crippen molar-refractivity contribution < 1.29 is 4.74 Å². The third kappa shape index (κ3) is 3.72. The quantitative estimate of drug-likeness (QED) is 0.673. The Morgan fingerprint density at radius 1 is 1.12 bits per heavy atom. The van der Waals surface area contributed by atoms with Crippen LogP contribution in [0.5, 0.6) is 5.75 Å². The van der Waals surface area contributed by atoms with Crippen molar-refractivity contribution in [2.24, 2.45) is 0 Å². The minimum absolute atomic E-state index is 0.00778. The first-order chi connectivity index (χ1) is 12.2. The number of benzene rings is 2. The van der Waals surface area contributed by atoms with Crippen molar-refractivity contribution in [3.8, 4) is 5.75 Å². The molecule has 1 N–H and O–H groups in total. The van der Waals surface area contributed by atoms with Crippen LogP contribution in [0.1, 0.15) is 18.3 Å². The first-order valence-corrected chi connectivity index (χ1v) is 8.55. The molecule has 0 fully saturated rings. The van der Waals surface area contributed by atoms with Crippen molar-refractivity contribution in [1.82, 2.24) is 14.9 Å². The number of nitrogens with zero attached hydrogens (tertiary/aromatic N) is 2. The predicted octanol–water partition coefficient (Wildman–Crippen LogP) is 2.61. The van der Waals surface area contributed by atoms with Gasteiger partial charge >= 0.3 is 0 Å². The summed E-state index contributed by atoms with van der Waals surface area (Å²) < 4.78 is 7.22. The molecule has 1 aromatic heterocycles. The minimum atomic E-state index is 0.00778. The summed E-state index contributed by atoms with van der Waals surface area (Å²) in [5, 5.41) is 3.93. The zero-order chi connectivity index (χ0) is 17.6. The van der Waals surface area contributed by atoms with Crippen LogP contribution < -0.4 is 15.6 Å². The van der Waals surface area contributed by atoms with Gasteiger partial charge < -0.3 is 10.1 Å². The van der Waals surface area contributed by atoms with Gasteiger partial charge in [-0.25, -0.2) is 4.98 Å². The second kappa shape index (κ2) is 7.94. The fourth-order valence-corrected chi connectivity index (χ4v) is 2.97. The Morgan fingerprint density at radius 2 is 1.88 bits per heavy atom. The van der Waals surface area contributed by atoms with Crippen LogP contribution in [0.3, 0.4) is 0 Å². The maximum atomic E-state index is 13.0. The third-order valence-corrected chi connectivity index (χ3v) is 4.24. The van der Waals surface area contributed by atoms with Gasteiger partial charge in [0.1, 0.15) is 11.6 Å². The van der Waals surface area contributed by atoms with Gasteiger partial charge in [-0.05, 0) is 24.7 Å². The molecule has 0 aliphatic rings. The molecule has 0 amide bonds. The standard InChI is InChI=1S/C20H23N3O2/c1-3-21-12-13-23-19(14-15-8-4-7-11-18(15)25-2)22-17-10-6-5-9-16(17)20(23)24/h4-11,21H,3,12-14H2,1-2H3. The lowest BCUT2D eigenvalue weighted by Crippen LogP contribution is -2.30. The molecular weight excluding hydrogens is 314 g/mol. The zero-order valence-electron chi connectivity index (χ0n) is 14.7. The van der Waals surface area contributed by atoms with Crippen LogP contribution in [0.2, 0.25) is 0 Å². The highest BCUT2D eigenvalue weighted by atomic mass is 16.5. The number of nitrogens with one attached hydrogen (secondary N) is 1. The van der Waals surface area contributed by atoms with E-state index in [-0.39, 0.29) is 5.56 Å². The number of rotatable bonds is 7. The van der Waals surface area contributed by atoms with Crippen molar-refractivity contribution in [1.29, 1.82) is 0 Å². The van der Waals surface area contributed by atoms with E-state index in [0.717, 1.165) is 35.7 Å². The number of ether oxygens (including phenoxy) is 1. The van der Waals surface area contributed by atoms with E-state index in [1.807, 2.05) is 48.5 Å². The van der Waals surface area contributed by atoms with E-state index in [0.29, 0.717) is 18.4 Å². The number of methoxy groups -OCH3 is 1. The van der Waals surface area contributed by atoms with Crippen LogP contribution in [0.15, 0.2) is 53.3 Å². The highest BCUT2D eigenvalue weighted by Crippen LogP contribution is 2.20.